The number of amidine groups is 1. The van der Waals surface area contributed by atoms with E-state index in [1.807, 2.05) is 6.07 Å². The molecule has 0 fully saturated rings. The molecule has 0 saturated carbocycles. The third kappa shape index (κ3) is 6.17. The Balaban J connectivity index is 1.45. The van der Waals surface area contributed by atoms with Crippen molar-refractivity contribution in [1.82, 2.24) is 10.4 Å². The predicted octanol–water partition coefficient (Wildman–Crippen LogP) is 7.80. The van der Waals surface area contributed by atoms with E-state index in [4.69, 9.17) is 5.73 Å². The molecule has 256 valence electrons. The Hall–Kier alpha value is -5.39. The average molecular weight is 685 g/mol. The SMILES string of the molecule is CNN=C(N)c1cccc([Si](c2ccccc2)(c2ccccc2)c2ccc(-c3cc4[nH]c5ccc(C(C)(C)C)cc5c4cc3C(C)(C)C)cc2)c1. The maximum Gasteiger partial charge on any atom is 0.179 e. The van der Waals surface area contributed by atoms with Crippen molar-refractivity contribution in [1.29, 1.82) is 0 Å². The summed E-state index contributed by atoms with van der Waals surface area (Å²) >= 11 is 0. The molecule has 0 aliphatic carbocycles. The summed E-state index contributed by atoms with van der Waals surface area (Å²) in [6.07, 6.45) is 0. The topological polar surface area (TPSA) is 66.2 Å². The molecule has 0 amide bonds. The van der Waals surface area contributed by atoms with E-state index < -0.39 is 8.07 Å². The lowest BCUT2D eigenvalue weighted by molar-refractivity contribution is 0.591. The van der Waals surface area contributed by atoms with Crippen LogP contribution in [0.4, 0.5) is 0 Å². The Labute approximate surface area is 303 Å². The van der Waals surface area contributed by atoms with Gasteiger partial charge in [0.05, 0.1) is 0 Å². The maximum absolute atomic E-state index is 6.46. The van der Waals surface area contributed by atoms with Gasteiger partial charge in [-0.2, -0.15) is 5.10 Å². The minimum atomic E-state index is -2.80. The van der Waals surface area contributed by atoms with Crippen molar-refractivity contribution in [2.45, 2.75) is 52.4 Å². The Bertz CT molecular complexity index is 2320. The first-order valence-electron chi connectivity index (χ1n) is 17.8. The number of benzene rings is 6. The number of nitrogens with one attached hydrogen (secondary N) is 2. The molecular formula is C46H48N4Si. The van der Waals surface area contributed by atoms with E-state index in [1.54, 1.807) is 7.05 Å². The Morgan fingerprint density at radius 3 is 1.76 bits per heavy atom. The zero-order chi connectivity index (χ0) is 36.0. The van der Waals surface area contributed by atoms with E-state index in [9.17, 15) is 0 Å². The van der Waals surface area contributed by atoms with Crippen LogP contribution in [0.25, 0.3) is 32.9 Å². The van der Waals surface area contributed by atoms with Gasteiger partial charge >= 0.3 is 0 Å². The van der Waals surface area contributed by atoms with Gasteiger partial charge in [0, 0.05) is 34.4 Å². The van der Waals surface area contributed by atoms with E-state index in [1.165, 1.54) is 59.3 Å². The van der Waals surface area contributed by atoms with Gasteiger partial charge in [0.15, 0.2) is 13.9 Å². The van der Waals surface area contributed by atoms with Gasteiger partial charge in [-0.15, -0.1) is 0 Å². The third-order valence-corrected chi connectivity index (χ3v) is 15.1. The fourth-order valence-corrected chi connectivity index (χ4v) is 12.4. The molecule has 7 rings (SSSR count). The number of hydrogen-bond acceptors (Lipinski definition) is 2. The van der Waals surface area contributed by atoms with Crippen LogP contribution in [0.2, 0.25) is 0 Å². The van der Waals surface area contributed by atoms with Crippen LogP contribution in [-0.4, -0.2) is 25.9 Å². The number of nitrogens with zero attached hydrogens (tertiary/aromatic N) is 1. The van der Waals surface area contributed by atoms with Crippen LogP contribution < -0.4 is 31.9 Å². The minimum absolute atomic E-state index is 0.0602. The Morgan fingerprint density at radius 1 is 0.588 bits per heavy atom. The number of aromatic amines is 1. The second-order valence-corrected chi connectivity index (χ2v) is 19.5. The molecule has 1 aromatic heterocycles. The molecule has 0 aliphatic rings. The first-order chi connectivity index (χ1) is 24.4. The highest BCUT2D eigenvalue weighted by molar-refractivity contribution is 7.19. The van der Waals surface area contributed by atoms with Gasteiger partial charge in [0.25, 0.3) is 0 Å². The number of hydrogen-bond donors (Lipinski definition) is 3. The number of fused-ring (bicyclic) bond motifs is 3. The van der Waals surface area contributed by atoms with E-state index >= 15 is 0 Å². The van der Waals surface area contributed by atoms with E-state index in [0.29, 0.717) is 5.84 Å². The summed E-state index contributed by atoms with van der Waals surface area (Å²) in [6.45, 7) is 13.8. The van der Waals surface area contributed by atoms with Crippen LogP contribution >= 0.6 is 0 Å². The second-order valence-electron chi connectivity index (χ2n) is 15.7. The lowest BCUT2D eigenvalue weighted by Crippen LogP contribution is -2.74. The number of aromatic nitrogens is 1. The molecule has 0 atom stereocenters. The molecule has 4 N–H and O–H groups in total. The molecule has 6 aromatic carbocycles. The number of nitrogens with two attached hydrogens (primary N) is 1. The van der Waals surface area contributed by atoms with Crippen molar-refractivity contribution in [3.05, 3.63) is 156 Å². The Kier molecular flexibility index (Phi) is 8.72. The van der Waals surface area contributed by atoms with E-state index in [-0.39, 0.29) is 10.8 Å². The Morgan fingerprint density at radius 2 is 1.18 bits per heavy atom. The average Bonchev–Trinajstić information content (AvgIpc) is 3.49. The van der Waals surface area contributed by atoms with Crippen molar-refractivity contribution in [2.75, 3.05) is 7.05 Å². The van der Waals surface area contributed by atoms with Gasteiger partial charge in [0.2, 0.25) is 0 Å². The molecule has 0 spiro atoms. The molecule has 51 heavy (non-hydrogen) atoms. The summed E-state index contributed by atoms with van der Waals surface area (Å²) < 4.78 is 0. The van der Waals surface area contributed by atoms with Crippen molar-refractivity contribution in [3.8, 4) is 11.1 Å². The molecule has 0 aliphatic heterocycles. The first kappa shape index (κ1) is 34.1. The monoisotopic (exact) mass is 684 g/mol. The molecule has 5 heteroatoms. The zero-order valence-electron chi connectivity index (χ0n) is 30.8. The van der Waals surface area contributed by atoms with Crippen molar-refractivity contribution in [3.63, 3.8) is 0 Å². The van der Waals surface area contributed by atoms with Crippen LogP contribution in [0, 0.1) is 0 Å². The summed E-state index contributed by atoms with van der Waals surface area (Å²) in [5, 5.41) is 12.1. The maximum atomic E-state index is 6.46. The zero-order valence-corrected chi connectivity index (χ0v) is 31.8. The van der Waals surface area contributed by atoms with Crippen molar-refractivity contribution < 1.29 is 0 Å². The highest BCUT2D eigenvalue weighted by atomic mass is 28.3. The lowest BCUT2D eigenvalue weighted by atomic mass is 9.80. The quantitative estimate of drug-likeness (QED) is 0.0528. The molecular weight excluding hydrogens is 637 g/mol. The van der Waals surface area contributed by atoms with Gasteiger partial charge in [-0.05, 0) is 78.1 Å². The molecule has 0 radical (unpaired) electrons. The highest BCUT2D eigenvalue weighted by Crippen LogP contribution is 2.39. The van der Waals surface area contributed by atoms with Crippen molar-refractivity contribution >= 4 is 56.5 Å². The van der Waals surface area contributed by atoms with E-state index in [0.717, 1.165) is 11.1 Å². The predicted molar refractivity (Wildman–Crippen MR) is 222 cm³/mol. The molecule has 7 aromatic rings. The summed E-state index contributed by atoms with van der Waals surface area (Å²) in [6, 6.07) is 51.7. The van der Waals surface area contributed by atoms with Gasteiger partial charge < -0.3 is 16.1 Å². The summed E-state index contributed by atoms with van der Waals surface area (Å²) in [5.41, 5.74) is 17.7. The third-order valence-electron chi connectivity index (χ3n) is 10.3. The molecule has 0 bridgehead atoms. The standard InChI is InChI=1S/C46H48N4Si/c1-45(2,3)33-23-26-42-39(28-33)40-29-41(46(4,5)6)38(30-43(40)49-42)31-21-24-36(25-22-31)51(34-16-10-8-11-17-34,35-18-12-9-13-19-35)37-20-14-15-32(27-37)44(47)50-48-7/h8-30,48-49H,1-7H3,(H2,47,50). The van der Waals surface area contributed by atoms with Crippen molar-refractivity contribution in [2.24, 2.45) is 10.8 Å². The van der Waals surface area contributed by atoms with E-state index in [2.05, 4.69) is 191 Å². The summed E-state index contributed by atoms with van der Waals surface area (Å²) in [7, 11) is -1.03. The fourth-order valence-electron chi connectivity index (χ4n) is 7.65. The minimum Gasteiger partial charge on any atom is -0.382 e. The van der Waals surface area contributed by atoms with Gasteiger partial charge in [-0.25, -0.2) is 0 Å². The van der Waals surface area contributed by atoms with Crippen LogP contribution in [0.3, 0.4) is 0 Å². The fraction of sp³-hybridized carbons (Fsp3) is 0.196. The lowest BCUT2D eigenvalue weighted by Gasteiger charge is -2.35. The summed E-state index contributed by atoms with van der Waals surface area (Å²) in [4.78, 5) is 3.75. The molecule has 0 unspecified atom stereocenters. The van der Waals surface area contributed by atoms with Gasteiger partial charge in [0.1, 0.15) is 0 Å². The van der Waals surface area contributed by atoms with Crippen LogP contribution in [0.1, 0.15) is 58.2 Å². The normalized spacial score (nSPS) is 12.8. The molecule has 1 heterocycles. The number of H-pyrrole nitrogens is 1. The molecule has 4 nitrogen and oxygen atoms in total. The van der Waals surface area contributed by atoms with Gasteiger partial charge in [-0.3, -0.25) is 0 Å². The number of hydrazone groups is 1. The van der Waals surface area contributed by atoms with Crippen LogP contribution in [-0.2, 0) is 10.8 Å². The first-order valence-corrected chi connectivity index (χ1v) is 19.8. The van der Waals surface area contributed by atoms with Crippen LogP contribution in [0.15, 0.2) is 145 Å². The molecule has 0 saturated heterocycles. The highest BCUT2D eigenvalue weighted by Gasteiger charge is 2.41. The van der Waals surface area contributed by atoms with Crippen LogP contribution in [0.5, 0.6) is 0 Å². The van der Waals surface area contributed by atoms with Gasteiger partial charge in [-0.1, -0.05) is 157 Å². The number of rotatable bonds is 7. The largest absolute Gasteiger partial charge is 0.382 e. The summed E-state index contributed by atoms with van der Waals surface area (Å²) in [5.74, 6) is 0.468. The second kappa shape index (κ2) is 13.1. The smallest absolute Gasteiger partial charge is 0.179 e.